The van der Waals surface area contributed by atoms with Crippen molar-refractivity contribution in [2.45, 2.75) is 25.3 Å². The lowest BCUT2D eigenvalue weighted by Crippen LogP contribution is -2.53. The molecule has 1 N–H and O–H groups in total. The number of rotatable bonds is 0. The topological polar surface area (TPSA) is 52.3 Å². The first kappa shape index (κ1) is 9.89. The van der Waals surface area contributed by atoms with Crippen molar-refractivity contribution >= 4 is 35.3 Å². The van der Waals surface area contributed by atoms with Gasteiger partial charge in [0.2, 0.25) is 5.96 Å². The maximum Gasteiger partial charge on any atom is 0.205 e. The maximum absolute atomic E-state index is 5.24. The van der Waals surface area contributed by atoms with Crippen LogP contribution in [0.15, 0.2) is 15.0 Å². The van der Waals surface area contributed by atoms with E-state index in [2.05, 4.69) is 25.2 Å². The van der Waals surface area contributed by atoms with Crippen molar-refractivity contribution in [2.24, 2.45) is 15.0 Å². The highest BCUT2D eigenvalue weighted by atomic mass is 32.1. The Morgan fingerprint density at radius 1 is 1.31 bits per heavy atom. The van der Waals surface area contributed by atoms with Crippen LogP contribution in [0.3, 0.4) is 0 Å². The van der Waals surface area contributed by atoms with Gasteiger partial charge in [0, 0.05) is 13.1 Å². The summed E-state index contributed by atoms with van der Waals surface area (Å²) in [7, 11) is 0. The Labute approximate surface area is 99.4 Å². The summed E-state index contributed by atoms with van der Waals surface area (Å²) < 4.78 is 0. The predicted octanol–water partition coefficient (Wildman–Crippen LogP) is 0.568. The lowest BCUT2D eigenvalue weighted by Gasteiger charge is -2.32. The molecule has 3 aliphatic rings. The molecular formula is C10H13N5S. The van der Waals surface area contributed by atoms with E-state index in [1.54, 1.807) is 6.34 Å². The van der Waals surface area contributed by atoms with E-state index in [1.165, 1.54) is 19.3 Å². The normalized spacial score (nSPS) is 28.4. The van der Waals surface area contributed by atoms with Crippen molar-refractivity contribution in [1.82, 2.24) is 10.2 Å². The standard InChI is InChI=1S/C10H13N5S/c16-9-7-8(12-6-11-7)13-10(14-9)15-4-2-1-3-5-15/h6-7H,1-5H2,(H,11,12,13,14,16). The molecule has 1 atom stereocenters. The number of likely N-dealkylation sites (tertiary alicyclic amines) is 1. The molecule has 0 aliphatic carbocycles. The van der Waals surface area contributed by atoms with E-state index in [0.717, 1.165) is 24.9 Å². The summed E-state index contributed by atoms with van der Waals surface area (Å²) >= 11 is 5.24. The second-order valence-corrected chi connectivity index (χ2v) is 4.55. The van der Waals surface area contributed by atoms with Gasteiger partial charge in [-0.1, -0.05) is 12.2 Å². The molecule has 0 aromatic heterocycles. The maximum atomic E-state index is 5.24. The minimum absolute atomic E-state index is 0.149. The molecule has 3 aliphatic heterocycles. The van der Waals surface area contributed by atoms with Crippen LogP contribution in [0.2, 0.25) is 0 Å². The zero-order valence-electron chi connectivity index (χ0n) is 8.89. The van der Waals surface area contributed by atoms with Gasteiger partial charge in [0.25, 0.3) is 0 Å². The summed E-state index contributed by atoms with van der Waals surface area (Å²) in [6.07, 6.45) is 5.30. The average Bonchev–Trinajstić information content (AvgIpc) is 2.79. The lowest BCUT2D eigenvalue weighted by atomic mass is 10.1. The van der Waals surface area contributed by atoms with E-state index < -0.39 is 0 Å². The van der Waals surface area contributed by atoms with Crippen molar-refractivity contribution in [1.29, 1.82) is 0 Å². The van der Waals surface area contributed by atoms with Crippen LogP contribution in [0.25, 0.3) is 0 Å². The van der Waals surface area contributed by atoms with Crippen LogP contribution in [-0.2, 0) is 0 Å². The Hall–Kier alpha value is -1.30. The van der Waals surface area contributed by atoms with Crippen molar-refractivity contribution in [3.63, 3.8) is 0 Å². The number of piperidine rings is 1. The van der Waals surface area contributed by atoms with E-state index in [0.29, 0.717) is 4.99 Å². The number of guanidine groups is 1. The van der Waals surface area contributed by atoms with Crippen molar-refractivity contribution in [3.05, 3.63) is 0 Å². The molecule has 3 heterocycles. The molecule has 0 bridgehead atoms. The van der Waals surface area contributed by atoms with Gasteiger partial charge in [0.1, 0.15) is 17.2 Å². The Morgan fingerprint density at radius 3 is 2.94 bits per heavy atom. The number of nitrogens with zero attached hydrogens (tertiary/aromatic N) is 4. The van der Waals surface area contributed by atoms with Gasteiger partial charge in [-0.15, -0.1) is 0 Å². The van der Waals surface area contributed by atoms with Gasteiger partial charge in [-0.05, 0) is 19.3 Å². The number of fused-ring (bicyclic) bond motifs is 1. The highest BCUT2D eigenvalue weighted by Crippen LogP contribution is 2.14. The minimum Gasteiger partial charge on any atom is -0.342 e. The predicted molar refractivity (Wildman–Crippen MR) is 68.3 cm³/mol. The van der Waals surface area contributed by atoms with Gasteiger partial charge in [-0.3, -0.25) is 4.99 Å². The molecule has 0 radical (unpaired) electrons. The van der Waals surface area contributed by atoms with Crippen molar-refractivity contribution in [2.75, 3.05) is 13.1 Å². The number of aliphatic imine (C=N–C) groups is 3. The molecular weight excluding hydrogens is 222 g/mol. The highest BCUT2D eigenvalue weighted by molar-refractivity contribution is 7.80. The summed E-state index contributed by atoms with van der Waals surface area (Å²) in [6.45, 7) is 2.10. The molecule has 1 fully saturated rings. The molecule has 84 valence electrons. The molecule has 1 unspecified atom stereocenters. The van der Waals surface area contributed by atoms with Crippen LogP contribution in [0.4, 0.5) is 0 Å². The van der Waals surface area contributed by atoms with Gasteiger partial charge in [0.15, 0.2) is 6.04 Å². The molecule has 0 saturated carbocycles. The van der Waals surface area contributed by atoms with E-state index in [4.69, 9.17) is 12.2 Å². The summed E-state index contributed by atoms with van der Waals surface area (Å²) in [5, 5.41) is 3.23. The lowest BCUT2D eigenvalue weighted by molar-refractivity contribution is 0.336. The van der Waals surface area contributed by atoms with Crippen LogP contribution in [-0.4, -0.2) is 47.2 Å². The molecule has 0 aromatic carbocycles. The largest absolute Gasteiger partial charge is 0.342 e. The molecule has 6 heteroatoms. The minimum atomic E-state index is -0.149. The fraction of sp³-hybridized carbons (Fsp3) is 0.600. The monoisotopic (exact) mass is 235 g/mol. The van der Waals surface area contributed by atoms with Crippen LogP contribution < -0.4 is 5.32 Å². The quantitative estimate of drug-likeness (QED) is 0.624. The summed E-state index contributed by atoms with van der Waals surface area (Å²) in [5.74, 6) is 1.67. The van der Waals surface area contributed by atoms with Crippen molar-refractivity contribution in [3.8, 4) is 0 Å². The molecule has 0 spiro atoms. The Bertz CT molecular complexity index is 405. The van der Waals surface area contributed by atoms with Gasteiger partial charge >= 0.3 is 0 Å². The Kier molecular flexibility index (Phi) is 2.43. The van der Waals surface area contributed by atoms with E-state index in [1.807, 2.05) is 0 Å². The molecule has 5 nitrogen and oxygen atoms in total. The van der Waals surface area contributed by atoms with Gasteiger partial charge < -0.3 is 10.2 Å². The number of hydrogen-bond donors (Lipinski definition) is 1. The fourth-order valence-electron chi connectivity index (χ4n) is 2.15. The average molecular weight is 235 g/mol. The third-order valence-corrected chi connectivity index (χ3v) is 3.33. The Balaban J connectivity index is 1.81. The van der Waals surface area contributed by atoms with Gasteiger partial charge in [-0.25, -0.2) is 9.98 Å². The smallest absolute Gasteiger partial charge is 0.205 e. The fourth-order valence-corrected chi connectivity index (χ4v) is 2.41. The molecule has 0 aromatic rings. The SMILES string of the molecule is S=C1N=C(N2CCCCC2)NC2=NC=NC12. The summed E-state index contributed by atoms with van der Waals surface area (Å²) in [4.78, 5) is 15.6. The third kappa shape index (κ3) is 1.63. The number of thiocarbonyl (C=S) groups is 1. The van der Waals surface area contributed by atoms with Crippen LogP contribution in [0.5, 0.6) is 0 Å². The molecule has 3 rings (SSSR count). The second-order valence-electron chi connectivity index (χ2n) is 4.13. The first-order valence-corrected chi connectivity index (χ1v) is 5.99. The number of hydrogen-bond acceptors (Lipinski definition) is 5. The van der Waals surface area contributed by atoms with Gasteiger partial charge in [-0.2, -0.15) is 0 Å². The molecule has 0 amide bonds. The number of nitrogens with one attached hydrogen (secondary N) is 1. The van der Waals surface area contributed by atoms with Crippen molar-refractivity contribution < 1.29 is 0 Å². The number of amidine groups is 1. The second kappa shape index (κ2) is 3.93. The van der Waals surface area contributed by atoms with E-state index >= 15 is 0 Å². The van der Waals surface area contributed by atoms with Crippen LogP contribution in [0, 0.1) is 0 Å². The van der Waals surface area contributed by atoms with Gasteiger partial charge in [0.05, 0.1) is 0 Å². The van der Waals surface area contributed by atoms with Crippen LogP contribution >= 0.6 is 12.2 Å². The highest BCUT2D eigenvalue weighted by Gasteiger charge is 2.30. The molecule has 16 heavy (non-hydrogen) atoms. The van der Waals surface area contributed by atoms with E-state index in [9.17, 15) is 0 Å². The summed E-state index contributed by atoms with van der Waals surface area (Å²) in [5.41, 5.74) is 0. The first-order valence-electron chi connectivity index (χ1n) is 5.58. The Morgan fingerprint density at radius 2 is 2.12 bits per heavy atom. The van der Waals surface area contributed by atoms with Crippen LogP contribution in [0.1, 0.15) is 19.3 Å². The first-order chi connectivity index (χ1) is 7.84. The van der Waals surface area contributed by atoms with E-state index in [-0.39, 0.29) is 6.04 Å². The molecule has 1 saturated heterocycles. The summed E-state index contributed by atoms with van der Waals surface area (Å²) in [6, 6.07) is -0.149. The zero-order chi connectivity index (χ0) is 11.0. The zero-order valence-corrected chi connectivity index (χ0v) is 9.70. The third-order valence-electron chi connectivity index (χ3n) is 3.02.